The molecule has 0 spiro atoms. The molecule has 4 rings (SSSR count). The molecule has 3 heterocycles. The lowest BCUT2D eigenvalue weighted by Gasteiger charge is -2.36. The SMILES string of the molecule is Cc1nnc(-c2ccc3cnc(CC(=O)N4CC[C@@H](NC(C)C)[C@H](F)C4)cc3c2)s1. The Kier molecular flexibility index (Phi) is 6.06. The molecule has 158 valence electrons. The van der Waals surface area contributed by atoms with E-state index in [1.54, 1.807) is 22.4 Å². The number of alkyl halides is 1. The zero-order chi connectivity index (χ0) is 21.3. The fraction of sp³-hybridized carbons (Fsp3) is 0.455. The van der Waals surface area contributed by atoms with E-state index in [1.165, 1.54) is 0 Å². The molecule has 1 aliphatic rings. The molecule has 0 radical (unpaired) electrons. The highest BCUT2D eigenvalue weighted by molar-refractivity contribution is 7.14. The van der Waals surface area contributed by atoms with Gasteiger partial charge in [-0.05, 0) is 30.9 Å². The lowest BCUT2D eigenvalue weighted by molar-refractivity contribution is -0.133. The van der Waals surface area contributed by atoms with Crippen LogP contribution in [0.1, 0.15) is 31.0 Å². The highest BCUT2D eigenvalue weighted by Crippen LogP contribution is 2.27. The number of fused-ring (bicyclic) bond motifs is 1. The van der Waals surface area contributed by atoms with Crippen molar-refractivity contribution in [3.8, 4) is 10.6 Å². The number of amides is 1. The van der Waals surface area contributed by atoms with Crippen LogP contribution in [0, 0.1) is 6.92 Å². The van der Waals surface area contributed by atoms with Crippen LogP contribution in [0.2, 0.25) is 0 Å². The van der Waals surface area contributed by atoms with Crippen LogP contribution in [-0.2, 0) is 11.2 Å². The molecule has 0 saturated carbocycles. The molecule has 2 aromatic heterocycles. The van der Waals surface area contributed by atoms with Crippen molar-refractivity contribution in [2.24, 2.45) is 0 Å². The predicted octanol–water partition coefficient (Wildman–Crippen LogP) is 3.54. The molecule has 8 heteroatoms. The number of piperidine rings is 1. The number of halogens is 1. The van der Waals surface area contributed by atoms with E-state index in [1.807, 2.05) is 45.0 Å². The molecule has 6 nitrogen and oxygen atoms in total. The molecule has 0 bridgehead atoms. The fourth-order valence-corrected chi connectivity index (χ4v) is 4.53. The molecule has 3 aromatic rings. The second-order valence-electron chi connectivity index (χ2n) is 8.11. The first kappa shape index (κ1) is 20.8. The Morgan fingerprint density at radius 2 is 2.13 bits per heavy atom. The summed E-state index contributed by atoms with van der Waals surface area (Å²) >= 11 is 1.55. The van der Waals surface area contributed by atoms with Gasteiger partial charge in [-0.2, -0.15) is 0 Å². The maximum absolute atomic E-state index is 14.5. The van der Waals surface area contributed by atoms with Crippen molar-refractivity contribution in [1.82, 2.24) is 25.4 Å². The van der Waals surface area contributed by atoms with Gasteiger partial charge in [0.1, 0.15) is 16.2 Å². The Bertz CT molecular complexity index is 1050. The van der Waals surface area contributed by atoms with E-state index in [9.17, 15) is 9.18 Å². The van der Waals surface area contributed by atoms with Gasteiger partial charge >= 0.3 is 0 Å². The summed E-state index contributed by atoms with van der Waals surface area (Å²) in [6.07, 6.45) is 1.53. The maximum atomic E-state index is 14.5. The van der Waals surface area contributed by atoms with Crippen molar-refractivity contribution in [2.75, 3.05) is 13.1 Å². The fourth-order valence-electron chi connectivity index (χ4n) is 3.84. The average Bonchev–Trinajstić information content (AvgIpc) is 3.15. The molecular weight excluding hydrogens is 401 g/mol. The highest BCUT2D eigenvalue weighted by atomic mass is 32.1. The first-order valence-corrected chi connectivity index (χ1v) is 11.1. The number of aryl methyl sites for hydroxylation is 1. The van der Waals surface area contributed by atoms with E-state index in [2.05, 4.69) is 20.5 Å². The van der Waals surface area contributed by atoms with Crippen LogP contribution in [0.3, 0.4) is 0 Å². The lowest BCUT2D eigenvalue weighted by Crippen LogP contribution is -2.54. The van der Waals surface area contributed by atoms with E-state index in [0.717, 1.165) is 26.4 Å². The Labute approximate surface area is 179 Å². The van der Waals surface area contributed by atoms with Crippen molar-refractivity contribution in [3.05, 3.63) is 41.2 Å². The molecule has 1 aliphatic heterocycles. The Morgan fingerprint density at radius 1 is 1.30 bits per heavy atom. The molecule has 1 aromatic carbocycles. The molecule has 1 N–H and O–H groups in total. The van der Waals surface area contributed by atoms with Gasteiger partial charge in [-0.3, -0.25) is 9.78 Å². The van der Waals surface area contributed by atoms with E-state index >= 15 is 0 Å². The number of aromatic nitrogens is 3. The molecule has 0 aliphatic carbocycles. The Hall–Kier alpha value is -2.45. The van der Waals surface area contributed by atoms with Crippen LogP contribution in [0.4, 0.5) is 4.39 Å². The van der Waals surface area contributed by atoms with Gasteiger partial charge in [-0.25, -0.2) is 4.39 Å². The van der Waals surface area contributed by atoms with Crippen LogP contribution in [-0.4, -0.2) is 57.3 Å². The van der Waals surface area contributed by atoms with Crippen molar-refractivity contribution in [3.63, 3.8) is 0 Å². The van der Waals surface area contributed by atoms with Gasteiger partial charge in [0.15, 0.2) is 0 Å². The van der Waals surface area contributed by atoms with Gasteiger partial charge in [0.2, 0.25) is 5.91 Å². The Morgan fingerprint density at radius 3 is 2.83 bits per heavy atom. The summed E-state index contributed by atoms with van der Waals surface area (Å²) < 4.78 is 14.5. The zero-order valence-corrected chi connectivity index (χ0v) is 18.2. The zero-order valence-electron chi connectivity index (χ0n) is 17.4. The molecule has 1 amide bonds. The molecular formula is C22H26FN5OS. The highest BCUT2D eigenvalue weighted by Gasteiger charge is 2.31. The number of carbonyl (C=O) groups is 1. The van der Waals surface area contributed by atoms with E-state index in [4.69, 9.17) is 0 Å². The number of benzene rings is 1. The summed E-state index contributed by atoms with van der Waals surface area (Å²) in [5.41, 5.74) is 1.69. The summed E-state index contributed by atoms with van der Waals surface area (Å²) in [4.78, 5) is 18.8. The third kappa shape index (κ3) is 4.65. The van der Waals surface area contributed by atoms with Crippen LogP contribution >= 0.6 is 11.3 Å². The minimum Gasteiger partial charge on any atom is -0.339 e. The quantitative estimate of drug-likeness (QED) is 0.674. The standard InChI is InChI=1S/C22H26FN5OS/c1-13(2)25-20-6-7-28(12-19(20)23)21(29)10-18-9-17-8-15(4-5-16(17)11-24-18)22-27-26-14(3)30-22/h4-5,8-9,11,13,19-20,25H,6-7,10,12H2,1-3H3/t19-,20-/m1/s1. The van der Waals surface area contributed by atoms with Crippen LogP contribution < -0.4 is 5.32 Å². The van der Waals surface area contributed by atoms with Gasteiger partial charge in [0.25, 0.3) is 0 Å². The molecule has 1 saturated heterocycles. The van der Waals surface area contributed by atoms with Gasteiger partial charge in [0.05, 0.1) is 18.7 Å². The molecule has 30 heavy (non-hydrogen) atoms. The number of pyridine rings is 1. The number of carbonyl (C=O) groups excluding carboxylic acids is 1. The first-order chi connectivity index (χ1) is 14.4. The summed E-state index contributed by atoms with van der Waals surface area (Å²) in [5, 5.41) is 15.3. The topological polar surface area (TPSA) is 71.0 Å². The van der Waals surface area contributed by atoms with Gasteiger partial charge < -0.3 is 10.2 Å². The summed E-state index contributed by atoms with van der Waals surface area (Å²) in [7, 11) is 0. The average molecular weight is 428 g/mol. The first-order valence-electron chi connectivity index (χ1n) is 10.3. The summed E-state index contributed by atoms with van der Waals surface area (Å²) in [5.74, 6) is -0.0802. The maximum Gasteiger partial charge on any atom is 0.228 e. The number of hydrogen-bond donors (Lipinski definition) is 1. The monoisotopic (exact) mass is 427 g/mol. The van der Waals surface area contributed by atoms with Crippen LogP contribution in [0.5, 0.6) is 0 Å². The van der Waals surface area contributed by atoms with Gasteiger partial charge in [-0.15, -0.1) is 10.2 Å². The Balaban J connectivity index is 1.46. The van der Waals surface area contributed by atoms with Gasteiger partial charge in [0, 0.05) is 35.8 Å². The number of nitrogens with zero attached hydrogens (tertiary/aromatic N) is 4. The third-order valence-corrected chi connectivity index (χ3v) is 6.21. The van der Waals surface area contributed by atoms with Crippen LogP contribution in [0.15, 0.2) is 30.5 Å². The molecule has 1 fully saturated rings. The second-order valence-corrected chi connectivity index (χ2v) is 9.29. The number of nitrogens with one attached hydrogen (secondary N) is 1. The normalized spacial score (nSPS) is 19.6. The third-order valence-electron chi connectivity index (χ3n) is 5.33. The van der Waals surface area contributed by atoms with Crippen molar-refractivity contribution in [1.29, 1.82) is 0 Å². The number of rotatable bonds is 5. The smallest absolute Gasteiger partial charge is 0.228 e. The van der Waals surface area contributed by atoms with E-state index < -0.39 is 6.17 Å². The molecule has 2 atom stereocenters. The van der Waals surface area contributed by atoms with E-state index in [0.29, 0.717) is 18.7 Å². The van der Waals surface area contributed by atoms with Crippen molar-refractivity contribution < 1.29 is 9.18 Å². The van der Waals surface area contributed by atoms with Crippen molar-refractivity contribution >= 4 is 28.0 Å². The minimum atomic E-state index is -1.05. The molecule has 0 unspecified atom stereocenters. The predicted molar refractivity (Wildman–Crippen MR) is 117 cm³/mol. The number of likely N-dealkylation sites (tertiary alicyclic amines) is 1. The second kappa shape index (κ2) is 8.73. The van der Waals surface area contributed by atoms with E-state index in [-0.39, 0.29) is 31.0 Å². The minimum absolute atomic E-state index is 0.0802. The number of hydrogen-bond acceptors (Lipinski definition) is 6. The largest absolute Gasteiger partial charge is 0.339 e. The summed E-state index contributed by atoms with van der Waals surface area (Å²) in [6, 6.07) is 8.03. The van der Waals surface area contributed by atoms with Crippen LogP contribution in [0.25, 0.3) is 21.3 Å². The summed E-state index contributed by atoms with van der Waals surface area (Å²) in [6.45, 7) is 6.65. The van der Waals surface area contributed by atoms with Gasteiger partial charge in [-0.1, -0.05) is 37.3 Å². The lowest BCUT2D eigenvalue weighted by atomic mass is 10.0. The van der Waals surface area contributed by atoms with Crippen molar-refractivity contribution in [2.45, 2.75) is 51.9 Å².